The molecule has 1 amide bonds. The number of anilines is 1. The quantitative estimate of drug-likeness (QED) is 0.456. The first kappa shape index (κ1) is 19.2. The van der Waals surface area contributed by atoms with Crippen LogP contribution in [0, 0.1) is 11.6 Å². The van der Waals surface area contributed by atoms with Crippen LogP contribution < -0.4 is 5.32 Å². The highest BCUT2D eigenvalue weighted by Crippen LogP contribution is 2.28. The van der Waals surface area contributed by atoms with Gasteiger partial charge in [0.1, 0.15) is 5.01 Å². The van der Waals surface area contributed by atoms with Crippen LogP contribution in [0.2, 0.25) is 0 Å². The van der Waals surface area contributed by atoms with Gasteiger partial charge >= 0.3 is 0 Å². The summed E-state index contributed by atoms with van der Waals surface area (Å²) in [6.45, 7) is 0. The minimum atomic E-state index is -0.978. The van der Waals surface area contributed by atoms with E-state index >= 15 is 0 Å². The maximum Gasteiger partial charge on any atom is 0.277 e. The lowest BCUT2D eigenvalue weighted by Gasteiger charge is -1.98. The summed E-state index contributed by atoms with van der Waals surface area (Å²) >= 11 is 2.13. The number of carbonyl (C=O) groups excluding carboxylic acids is 1. The van der Waals surface area contributed by atoms with E-state index in [0.717, 1.165) is 40.8 Å². The topological polar surface area (TPSA) is 93.8 Å². The molecule has 0 atom stereocenters. The molecular weight excluding hydrogens is 420 g/mol. The fourth-order valence-corrected chi connectivity index (χ4v) is 3.59. The number of rotatable bonds is 6. The number of nitrogens with zero attached hydrogens (tertiary/aromatic N) is 4. The largest absolute Gasteiger partial charge is 0.411 e. The Morgan fingerprint density at radius 3 is 2.62 bits per heavy atom. The summed E-state index contributed by atoms with van der Waals surface area (Å²) in [4.78, 5) is 12.1. The van der Waals surface area contributed by atoms with Gasteiger partial charge in [-0.1, -0.05) is 41.3 Å². The predicted molar refractivity (Wildman–Crippen MR) is 104 cm³/mol. The second-order valence-corrected chi connectivity index (χ2v) is 7.52. The number of hydrogen-bond donors (Lipinski definition) is 1. The van der Waals surface area contributed by atoms with Crippen LogP contribution in [0.1, 0.15) is 0 Å². The number of amides is 1. The van der Waals surface area contributed by atoms with E-state index in [2.05, 4.69) is 25.7 Å². The zero-order valence-electron chi connectivity index (χ0n) is 14.5. The molecule has 0 aliphatic rings. The SMILES string of the molecule is O=C(CSc1nnc(-c2ccccc2)o1)Nc1nnc(-c2ccc(F)c(F)c2)s1. The van der Waals surface area contributed by atoms with Crippen LogP contribution in [0.5, 0.6) is 0 Å². The van der Waals surface area contributed by atoms with Gasteiger partial charge in [-0.05, 0) is 30.3 Å². The minimum Gasteiger partial charge on any atom is -0.411 e. The molecule has 1 N–H and O–H groups in total. The Labute approximate surface area is 171 Å². The third kappa shape index (κ3) is 4.63. The van der Waals surface area contributed by atoms with Crippen molar-refractivity contribution < 1.29 is 18.0 Å². The van der Waals surface area contributed by atoms with Gasteiger partial charge in [-0.25, -0.2) is 8.78 Å². The highest BCUT2D eigenvalue weighted by atomic mass is 32.2. The van der Waals surface area contributed by atoms with Crippen molar-refractivity contribution in [2.24, 2.45) is 0 Å². The summed E-state index contributed by atoms with van der Waals surface area (Å²) in [7, 11) is 0. The Kier molecular flexibility index (Phi) is 5.58. The van der Waals surface area contributed by atoms with Crippen molar-refractivity contribution in [2.75, 3.05) is 11.1 Å². The van der Waals surface area contributed by atoms with Crippen LogP contribution in [-0.4, -0.2) is 32.1 Å². The molecule has 0 aliphatic carbocycles. The van der Waals surface area contributed by atoms with Gasteiger partial charge in [-0.15, -0.1) is 20.4 Å². The Morgan fingerprint density at radius 2 is 1.83 bits per heavy atom. The molecule has 7 nitrogen and oxygen atoms in total. The molecular formula is C18H11F2N5O2S2. The molecule has 2 aromatic heterocycles. The maximum absolute atomic E-state index is 13.3. The molecule has 0 fully saturated rings. The summed E-state index contributed by atoms with van der Waals surface area (Å²) in [5, 5.41) is 19.0. The van der Waals surface area contributed by atoms with Crippen molar-refractivity contribution in [1.82, 2.24) is 20.4 Å². The van der Waals surface area contributed by atoms with E-state index < -0.39 is 11.6 Å². The molecule has 0 saturated heterocycles. The molecule has 0 aliphatic heterocycles. The van der Waals surface area contributed by atoms with Crippen LogP contribution in [0.4, 0.5) is 13.9 Å². The lowest BCUT2D eigenvalue weighted by atomic mass is 10.2. The zero-order valence-corrected chi connectivity index (χ0v) is 16.1. The van der Waals surface area contributed by atoms with Crippen LogP contribution in [0.25, 0.3) is 22.0 Å². The Morgan fingerprint density at radius 1 is 1.00 bits per heavy atom. The molecule has 2 aromatic carbocycles. The van der Waals surface area contributed by atoms with E-state index in [9.17, 15) is 13.6 Å². The molecule has 0 bridgehead atoms. The second kappa shape index (κ2) is 8.45. The van der Waals surface area contributed by atoms with Gasteiger partial charge in [0.15, 0.2) is 11.6 Å². The van der Waals surface area contributed by atoms with Gasteiger partial charge in [0.25, 0.3) is 5.22 Å². The second-order valence-electron chi connectivity index (χ2n) is 5.62. The van der Waals surface area contributed by atoms with Crippen LogP contribution >= 0.6 is 23.1 Å². The Bertz CT molecular complexity index is 1150. The van der Waals surface area contributed by atoms with Gasteiger partial charge in [-0.3, -0.25) is 10.1 Å². The first-order valence-corrected chi connectivity index (χ1v) is 9.99. The summed E-state index contributed by atoms with van der Waals surface area (Å²) in [6, 6.07) is 12.7. The van der Waals surface area contributed by atoms with E-state index in [4.69, 9.17) is 4.42 Å². The molecule has 29 heavy (non-hydrogen) atoms. The van der Waals surface area contributed by atoms with E-state index in [-0.39, 0.29) is 22.0 Å². The number of nitrogens with one attached hydrogen (secondary N) is 1. The molecule has 11 heteroatoms. The Hall–Kier alpha value is -3.18. The minimum absolute atomic E-state index is 0.0243. The van der Waals surface area contributed by atoms with Crippen molar-refractivity contribution in [3.63, 3.8) is 0 Å². The molecule has 4 rings (SSSR count). The molecule has 2 heterocycles. The first-order valence-electron chi connectivity index (χ1n) is 8.19. The normalized spacial score (nSPS) is 10.8. The molecule has 146 valence electrons. The highest BCUT2D eigenvalue weighted by Gasteiger charge is 2.14. The number of aromatic nitrogens is 4. The van der Waals surface area contributed by atoms with E-state index in [1.165, 1.54) is 6.07 Å². The summed E-state index contributed by atoms with van der Waals surface area (Å²) in [5.41, 5.74) is 1.16. The van der Waals surface area contributed by atoms with Crippen LogP contribution in [-0.2, 0) is 4.79 Å². The van der Waals surface area contributed by atoms with Gasteiger partial charge in [0.05, 0.1) is 5.75 Å². The van der Waals surface area contributed by atoms with E-state index in [1.807, 2.05) is 30.3 Å². The fourth-order valence-electron chi connectivity index (χ4n) is 2.27. The number of thioether (sulfide) groups is 1. The number of halogens is 2. The van der Waals surface area contributed by atoms with Crippen LogP contribution in [0.3, 0.4) is 0 Å². The number of benzene rings is 2. The standard InChI is InChI=1S/C18H11F2N5O2S2/c19-12-7-6-11(8-13(12)20)16-23-24-17(29-16)21-14(26)9-28-18-25-22-15(27-18)10-4-2-1-3-5-10/h1-8H,9H2,(H,21,24,26). The summed E-state index contributed by atoms with van der Waals surface area (Å²) in [5.74, 6) is -1.87. The summed E-state index contributed by atoms with van der Waals surface area (Å²) in [6.07, 6.45) is 0. The third-order valence-electron chi connectivity index (χ3n) is 3.59. The lowest BCUT2D eigenvalue weighted by Crippen LogP contribution is -2.13. The van der Waals surface area contributed by atoms with Gasteiger partial charge in [0, 0.05) is 11.1 Å². The maximum atomic E-state index is 13.3. The molecule has 0 saturated carbocycles. The number of carbonyl (C=O) groups is 1. The number of hydrogen-bond acceptors (Lipinski definition) is 8. The first-order chi connectivity index (χ1) is 14.1. The third-order valence-corrected chi connectivity index (χ3v) is 5.30. The lowest BCUT2D eigenvalue weighted by molar-refractivity contribution is -0.113. The zero-order chi connectivity index (χ0) is 20.2. The van der Waals surface area contributed by atoms with Gasteiger partial charge in [0.2, 0.25) is 16.9 Å². The monoisotopic (exact) mass is 431 g/mol. The highest BCUT2D eigenvalue weighted by molar-refractivity contribution is 7.99. The molecule has 0 unspecified atom stereocenters. The van der Waals surface area contributed by atoms with Gasteiger partial charge in [-0.2, -0.15) is 0 Å². The molecule has 0 radical (unpaired) electrons. The van der Waals surface area contributed by atoms with Crippen molar-refractivity contribution in [1.29, 1.82) is 0 Å². The average Bonchev–Trinajstić information content (AvgIpc) is 3.39. The molecule has 0 spiro atoms. The Balaban J connectivity index is 1.34. The average molecular weight is 431 g/mol. The van der Waals surface area contributed by atoms with Gasteiger partial charge < -0.3 is 4.42 Å². The fraction of sp³-hybridized carbons (Fsp3) is 0.0556. The van der Waals surface area contributed by atoms with Crippen molar-refractivity contribution in [3.8, 4) is 22.0 Å². The van der Waals surface area contributed by atoms with Crippen molar-refractivity contribution in [3.05, 3.63) is 60.2 Å². The predicted octanol–water partition coefficient (Wildman–Crippen LogP) is 4.26. The summed E-state index contributed by atoms with van der Waals surface area (Å²) < 4.78 is 31.9. The van der Waals surface area contributed by atoms with E-state index in [0.29, 0.717) is 16.5 Å². The smallest absolute Gasteiger partial charge is 0.277 e. The molecule has 4 aromatic rings. The van der Waals surface area contributed by atoms with Crippen LogP contribution in [0.15, 0.2) is 58.2 Å². The van der Waals surface area contributed by atoms with E-state index in [1.54, 1.807) is 0 Å². The van der Waals surface area contributed by atoms with Crippen molar-refractivity contribution >= 4 is 34.1 Å². The van der Waals surface area contributed by atoms with Crippen molar-refractivity contribution in [2.45, 2.75) is 5.22 Å².